The van der Waals surface area contributed by atoms with E-state index < -0.39 is 18.4 Å². The predicted octanol–water partition coefficient (Wildman–Crippen LogP) is 2.58. The fraction of sp³-hybridized carbons (Fsp3) is 0.350. The van der Waals surface area contributed by atoms with Crippen LogP contribution in [-0.4, -0.2) is 53.4 Å². The first-order valence-corrected chi connectivity index (χ1v) is 8.61. The van der Waals surface area contributed by atoms with Crippen LogP contribution >= 0.6 is 0 Å². The molecule has 0 bridgehead atoms. The number of aliphatic carboxylic acids is 1. The standard InChI is InChI=1S/C20H24N2O6/c1-11-18(13(3)23)12(2)21-19(11)20(26)22(10-17(24)25)9-14-6-15(27-4)8-16(7-14)28-5/h6-8,21H,9-10H2,1-5H3,(H,24,25). The Morgan fingerprint density at radius 2 is 1.64 bits per heavy atom. The van der Waals surface area contributed by atoms with Crippen LogP contribution in [0, 0.1) is 13.8 Å². The van der Waals surface area contributed by atoms with Crippen molar-refractivity contribution in [3.05, 3.63) is 46.3 Å². The lowest BCUT2D eigenvalue weighted by atomic mass is 10.1. The number of Topliss-reactive ketones (excluding diaryl/α,β-unsaturated/α-hetero) is 1. The zero-order chi connectivity index (χ0) is 21.0. The van der Waals surface area contributed by atoms with E-state index in [2.05, 4.69) is 4.98 Å². The van der Waals surface area contributed by atoms with Crippen LogP contribution in [0.25, 0.3) is 0 Å². The molecule has 0 spiro atoms. The number of aromatic nitrogens is 1. The molecule has 0 atom stereocenters. The maximum atomic E-state index is 13.1. The second-order valence-electron chi connectivity index (χ2n) is 6.46. The molecule has 0 aliphatic rings. The predicted molar refractivity (Wildman–Crippen MR) is 102 cm³/mol. The lowest BCUT2D eigenvalue weighted by Crippen LogP contribution is -2.35. The van der Waals surface area contributed by atoms with Crippen molar-refractivity contribution in [3.8, 4) is 11.5 Å². The highest BCUT2D eigenvalue weighted by Gasteiger charge is 2.25. The first-order valence-electron chi connectivity index (χ1n) is 8.61. The Labute approximate surface area is 163 Å². The van der Waals surface area contributed by atoms with Gasteiger partial charge in [-0.3, -0.25) is 14.4 Å². The van der Waals surface area contributed by atoms with E-state index in [1.165, 1.54) is 26.0 Å². The third-order valence-corrected chi connectivity index (χ3v) is 4.40. The number of carboxylic acid groups (broad SMARTS) is 1. The Balaban J connectivity index is 2.42. The number of H-pyrrole nitrogens is 1. The van der Waals surface area contributed by atoms with E-state index in [-0.39, 0.29) is 18.0 Å². The van der Waals surface area contributed by atoms with Gasteiger partial charge in [0.05, 0.1) is 14.2 Å². The second kappa shape index (κ2) is 8.60. The van der Waals surface area contributed by atoms with Gasteiger partial charge in [-0.25, -0.2) is 0 Å². The summed E-state index contributed by atoms with van der Waals surface area (Å²) in [5, 5.41) is 9.27. The Morgan fingerprint density at radius 1 is 1.07 bits per heavy atom. The molecular formula is C20H24N2O6. The molecule has 0 radical (unpaired) electrons. The van der Waals surface area contributed by atoms with Gasteiger partial charge in [0, 0.05) is 23.9 Å². The van der Waals surface area contributed by atoms with Crippen LogP contribution in [0.2, 0.25) is 0 Å². The number of benzene rings is 1. The number of amides is 1. The number of carbonyl (C=O) groups excluding carboxylic acids is 2. The van der Waals surface area contributed by atoms with Gasteiger partial charge in [0.15, 0.2) is 5.78 Å². The third-order valence-electron chi connectivity index (χ3n) is 4.40. The molecule has 0 unspecified atom stereocenters. The summed E-state index contributed by atoms with van der Waals surface area (Å²) in [6.45, 7) is 4.34. The quantitative estimate of drug-likeness (QED) is 0.673. The number of methoxy groups -OCH3 is 2. The van der Waals surface area contributed by atoms with Gasteiger partial charge in [-0.05, 0) is 44.0 Å². The summed E-state index contributed by atoms with van der Waals surface area (Å²) in [6.07, 6.45) is 0. The summed E-state index contributed by atoms with van der Waals surface area (Å²) in [5.74, 6) is -0.744. The molecule has 2 N–H and O–H groups in total. The van der Waals surface area contributed by atoms with Crippen molar-refractivity contribution < 1.29 is 29.0 Å². The van der Waals surface area contributed by atoms with Crippen LogP contribution in [0.3, 0.4) is 0 Å². The van der Waals surface area contributed by atoms with Crippen molar-refractivity contribution in [2.45, 2.75) is 27.3 Å². The molecule has 1 amide bonds. The Bertz CT molecular complexity index is 893. The van der Waals surface area contributed by atoms with E-state index in [0.29, 0.717) is 33.9 Å². The number of hydrogen-bond donors (Lipinski definition) is 2. The molecule has 0 fully saturated rings. The van der Waals surface area contributed by atoms with E-state index in [1.54, 1.807) is 32.0 Å². The number of rotatable bonds is 8. The maximum Gasteiger partial charge on any atom is 0.323 e. The summed E-state index contributed by atoms with van der Waals surface area (Å²) < 4.78 is 10.5. The highest BCUT2D eigenvalue weighted by molar-refractivity contribution is 6.03. The molecule has 8 nitrogen and oxygen atoms in total. The van der Waals surface area contributed by atoms with E-state index in [4.69, 9.17) is 9.47 Å². The minimum Gasteiger partial charge on any atom is -0.497 e. The number of aromatic amines is 1. The van der Waals surface area contributed by atoms with Crippen LogP contribution < -0.4 is 9.47 Å². The number of carboxylic acids is 1. The number of nitrogens with zero attached hydrogens (tertiary/aromatic N) is 1. The molecule has 1 aromatic heterocycles. The molecule has 2 rings (SSSR count). The van der Waals surface area contributed by atoms with Crippen molar-refractivity contribution in [2.75, 3.05) is 20.8 Å². The maximum absolute atomic E-state index is 13.1. The van der Waals surface area contributed by atoms with Gasteiger partial charge in [0.2, 0.25) is 0 Å². The van der Waals surface area contributed by atoms with Gasteiger partial charge in [0.25, 0.3) is 5.91 Å². The van der Waals surface area contributed by atoms with E-state index in [9.17, 15) is 19.5 Å². The fourth-order valence-electron chi connectivity index (χ4n) is 3.19. The minimum atomic E-state index is -1.14. The minimum absolute atomic E-state index is 0.0333. The average Bonchev–Trinajstić information content (AvgIpc) is 2.94. The van der Waals surface area contributed by atoms with Crippen LogP contribution in [0.5, 0.6) is 11.5 Å². The highest BCUT2D eigenvalue weighted by atomic mass is 16.5. The number of ketones is 1. The number of ether oxygens (including phenoxy) is 2. The van der Waals surface area contributed by atoms with Crippen LogP contribution in [-0.2, 0) is 11.3 Å². The summed E-state index contributed by atoms with van der Waals surface area (Å²) in [5.41, 5.74) is 2.39. The molecule has 8 heteroatoms. The number of carbonyl (C=O) groups is 3. The molecule has 0 saturated heterocycles. The lowest BCUT2D eigenvalue weighted by Gasteiger charge is -2.21. The number of hydrogen-bond acceptors (Lipinski definition) is 5. The van der Waals surface area contributed by atoms with E-state index in [0.717, 1.165) is 0 Å². The van der Waals surface area contributed by atoms with Crippen molar-refractivity contribution in [1.82, 2.24) is 9.88 Å². The Morgan fingerprint density at radius 3 is 2.07 bits per heavy atom. The summed E-state index contributed by atoms with van der Waals surface area (Å²) in [4.78, 5) is 40.4. The topological polar surface area (TPSA) is 109 Å². The normalized spacial score (nSPS) is 10.5. The van der Waals surface area contributed by atoms with Crippen molar-refractivity contribution in [2.24, 2.45) is 0 Å². The third kappa shape index (κ3) is 4.51. The first kappa shape index (κ1) is 21.0. The first-order chi connectivity index (χ1) is 13.2. The van der Waals surface area contributed by atoms with E-state index >= 15 is 0 Å². The second-order valence-corrected chi connectivity index (χ2v) is 6.46. The summed E-state index contributed by atoms with van der Waals surface area (Å²) >= 11 is 0. The van der Waals surface area contributed by atoms with Gasteiger partial charge >= 0.3 is 5.97 Å². The van der Waals surface area contributed by atoms with E-state index in [1.807, 2.05) is 0 Å². The molecule has 0 saturated carbocycles. The van der Waals surface area contributed by atoms with Gasteiger partial charge in [-0.15, -0.1) is 0 Å². The average molecular weight is 388 g/mol. The largest absolute Gasteiger partial charge is 0.497 e. The monoisotopic (exact) mass is 388 g/mol. The highest BCUT2D eigenvalue weighted by Crippen LogP contribution is 2.25. The van der Waals surface area contributed by atoms with Crippen LogP contribution in [0.15, 0.2) is 18.2 Å². The molecule has 2 aromatic rings. The van der Waals surface area contributed by atoms with Crippen molar-refractivity contribution in [3.63, 3.8) is 0 Å². The number of nitrogens with one attached hydrogen (secondary N) is 1. The van der Waals surface area contributed by atoms with Crippen LogP contribution in [0.4, 0.5) is 0 Å². The van der Waals surface area contributed by atoms with Gasteiger partial charge in [0.1, 0.15) is 23.7 Å². The van der Waals surface area contributed by atoms with Gasteiger partial charge in [-0.1, -0.05) is 0 Å². The van der Waals surface area contributed by atoms with Gasteiger partial charge in [-0.2, -0.15) is 0 Å². The molecule has 1 heterocycles. The Hall–Kier alpha value is -3.29. The lowest BCUT2D eigenvalue weighted by molar-refractivity contribution is -0.137. The fourth-order valence-corrected chi connectivity index (χ4v) is 3.19. The molecule has 0 aliphatic heterocycles. The SMILES string of the molecule is COc1cc(CN(CC(=O)O)C(=O)c2[nH]c(C)c(C(C)=O)c2C)cc(OC)c1. The number of aryl methyl sites for hydroxylation is 1. The molecule has 0 aliphatic carbocycles. The summed E-state index contributed by atoms with van der Waals surface area (Å²) in [7, 11) is 3.01. The molecule has 150 valence electrons. The summed E-state index contributed by atoms with van der Waals surface area (Å²) in [6, 6.07) is 5.10. The molecule has 1 aromatic carbocycles. The van der Waals surface area contributed by atoms with Crippen molar-refractivity contribution in [1.29, 1.82) is 0 Å². The zero-order valence-corrected chi connectivity index (χ0v) is 16.6. The van der Waals surface area contributed by atoms with Gasteiger partial charge < -0.3 is 24.5 Å². The Kier molecular flexibility index (Phi) is 6.45. The van der Waals surface area contributed by atoms with Crippen LogP contribution in [0.1, 0.15) is 44.6 Å². The van der Waals surface area contributed by atoms with Crippen molar-refractivity contribution >= 4 is 17.7 Å². The molecular weight excluding hydrogens is 364 g/mol. The smallest absolute Gasteiger partial charge is 0.323 e. The zero-order valence-electron chi connectivity index (χ0n) is 16.6. The molecule has 28 heavy (non-hydrogen) atoms.